The van der Waals surface area contributed by atoms with E-state index in [1.807, 2.05) is 12.1 Å². The van der Waals surface area contributed by atoms with Gasteiger partial charge >= 0.3 is 0 Å². The minimum absolute atomic E-state index is 0.376. The van der Waals surface area contributed by atoms with Crippen LogP contribution in [0.1, 0.15) is 43.4 Å². The lowest BCUT2D eigenvalue weighted by Gasteiger charge is -2.21. The van der Waals surface area contributed by atoms with Gasteiger partial charge in [0, 0.05) is 25.6 Å². The van der Waals surface area contributed by atoms with Crippen LogP contribution in [0.4, 0.5) is 5.82 Å². The van der Waals surface area contributed by atoms with Crippen LogP contribution < -0.4 is 15.5 Å². The average Bonchev–Trinajstić information content (AvgIpc) is 3.39. The zero-order chi connectivity index (χ0) is 23.4. The predicted octanol–water partition coefficient (Wildman–Crippen LogP) is 3.15. The number of amides is 1. The molecule has 1 aromatic heterocycles. The molecule has 2 aliphatic rings. The van der Waals surface area contributed by atoms with Gasteiger partial charge in [0.25, 0.3) is 5.91 Å². The molecule has 9 nitrogen and oxygen atoms in total. The molecule has 2 aliphatic heterocycles. The Labute approximate surface area is 200 Å². The maximum Gasteiger partial charge on any atom is 0.267 e. The number of hydrogen-bond donors (Lipinski definition) is 2. The number of hydrogen-bond acceptors (Lipinski definition) is 8. The van der Waals surface area contributed by atoms with Crippen molar-refractivity contribution in [2.45, 2.75) is 44.9 Å². The van der Waals surface area contributed by atoms with E-state index in [1.165, 1.54) is 37.6 Å². The molecule has 2 saturated heterocycles. The lowest BCUT2D eigenvalue weighted by atomic mass is 10.2. The van der Waals surface area contributed by atoms with Gasteiger partial charge in [-0.05, 0) is 62.5 Å². The highest BCUT2D eigenvalue weighted by Gasteiger charge is 2.15. The van der Waals surface area contributed by atoms with Crippen molar-refractivity contribution < 1.29 is 19.1 Å². The standard InChI is InChI=1S/C25H33N5O4/c31-24(29-34-25-5-1-4-15-33-25)11-8-21-17-28-23(18-27-21)26-12-16-32-22-9-6-20(7-10-22)19-30-13-2-3-14-30/h6-11,17-18,25H,1-5,12-16,19H2,(H,26,28)(H,29,31)/b11-8+. The Balaban J connectivity index is 1.11. The van der Waals surface area contributed by atoms with Crippen molar-refractivity contribution in [3.8, 4) is 5.75 Å². The second-order valence-corrected chi connectivity index (χ2v) is 8.44. The van der Waals surface area contributed by atoms with Crippen LogP contribution in [-0.2, 0) is 20.9 Å². The fraction of sp³-hybridized carbons (Fsp3) is 0.480. The van der Waals surface area contributed by atoms with Gasteiger partial charge in [0.2, 0.25) is 0 Å². The zero-order valence-electron chi connectivity index (χ0n) is 19.4. The van der Waals surface area contributed by atoms with Gasteiger partial charge in [-0.15, -0.1) is 0 Å². The lowest BCUT2D eigenvalue weighted by molar-refractivity contribution is -0.198. The van der Waals surface area contributed by atoms with Gasteiger partial charge in [-0.25, -0.2) is 15.3 Å². The maximum atomic E-state index is 11.9. The number of benzene rings is 1. The first-order valence-electron chi connectivity index (χ1n) is 12.0. The van der Waals surface area contributed by atoms with E-state index in [9.17, 15) is 4.79 Å². The Bertz CT molecular complexity index is 908. The molecule has 9 heteroatoms. The molecule has 1 atom stereocenters. The molecule has 1 amide bonds. The number of nitrogens with one attached hydrogen (secondary N) is 2. The summed E-state index contributed by atoms with van der Waals surface area (Å²) >= 11 is 0. The highest BCUT2D eigenvalue weighted by molar-refractivity contribution is 5.90. The second kappa shape index (κ2) is 13.0. The summed E-state index contributed by atoms with van der Waals surface area (Å²) in [5.74, 6) is 1.12. The molecule has 2 N–H and O–H groups in total. The number of hydroxylamine groups is 1. The zero-order valence-corrected chi connectivity index (χ0v) is 19.4. The van der Waals surface area contributed by atoms with Crippen molar-refractivity contribution in [1.29, 1.82) is 0 Å². The molecule has 0 saturated carbocycles. The maximum absolute atomic E-state index is 11.9. The van der Waals surface area contributed by atoms with Crippen LogP contribution in [0.3, 0.4) is 0 Å². The monoisotopic (exact) mass is 467 g/mol. The van der Waals surface area contributed by atoms with Crippen LogP contribution in [0.15, 0.2) is 42.7 Å². The Morgan fingerprint density at radius 3 is 2.71 bits per heavy atom. The third-order valence-electron chi connectivity index (χ3n) is 5.71. The van der Waals surface area contributed by atoms with Gasteiger partial charge in [-0.1, -0.05) is 12.1 Å². The van der Waals surface area contributed by atoms with E-state index in [2.05, 4.69) is 37.8 Å². The first kappa shape index (κ1) is 24.1. The van der Waals surface area contributed by atoms with Gasteiger partial charge in [0.05, 0.1) is 24.6 Å². The van der Waals surface area contributed by atoms with Crippen molar-refractivity contribution in [3.63, 3.8) is 0 Å². The van der Waals surface area contributed by atoms with E-state index in [4.69, 9.17) is 14.3 Å². The number of anilines is 1. The Hall–Kier alpha value is -3.01. The Morgan fingerprint density at radius 1 is 1.12 bits per heavy atom. The first-order valence-corrected chi connectivity index (χ1v) is 12.0. The van der Waals surface area contributed by atoms with Crippen LogP contribution in [-0.4, -0.2) is 59.9 Å². The number of nitrogens with zero attached hydrogens (tertiary/aromatic N) is 3. The quantitative estimate of drug-likeness (QED) is 0.296. The van der Waals surface area contributed by atoms with Crippen LogP contribution in [0, 0.1) is 0 Å². The van der Waals surface area contributed by atoms with Crippen molar-refractivity contribution in [2.24, 2.45) is 0 Å². The molecule has 2 fully saturated rings. The van der Waals surface area contributed by atoms with E-state index in [1.54, 1.807) is 18.5 Å². The number of aromatic nitrogens is 2. The minimum atomic E-state index is -0.376. The molecular formula is C25H33N5O4. The van der Waals surface area contributed by atoms with E-state index in [-0.39, 0.29) is 12.2 Å². The van der Waals surface area contributed by atoms with Gasteiger partial charge < -0.3 is 14.8 Å². The number of likely N-dealkylation sites (tertiary alicyclic amines) is 1. The molecule has 34 heavy (non-hydrogen) atoms. The summed E-state index contributed by atoms with van der Waals surface area (Å²) in [6.45, 7) is 5.18. The second-order valence-electron chi connectivity index (χ2n) is 8.44. The van der Waals surface area contributed by atoms with Crippen LogP contribution in [0.5, 0.6) is 5.75 Å². The van der Waals surface area contributed by atoms with Crippen LogP contribution in [0.2, 0.25) is 0 Å². The lowest BCUT2D eigenvalue weighted by Crippen LogP contribution is -2.32. The number of rotatable bonds is 11. The summed E-state index contributed by atoms with van der Waals surface area (Å²) in [7, 11) is 0. The van der Waals surface area contributed by atoms with Gasteiger partial charge in [-0.2, -0.15) is 0 Å². The number of carbonyl (C=O) groups excluding carboxylic acids is 1. The summed E-state index contributed by atoms with van der Waals surface area (Å²) in [6.07, 6.45) is 11.2. The molecular weight excluding hydrogens is 434 g/mol. The largest absolute Gasteiger partial charge is 0.492 e. The first-order chi connectivity index (χ1) is 16.7. The molecule has 0 aliphatic carbocycles. The number of carbonyl (C=O) groups is 1. The highest BCUT2D eigenvalue weighted by Crippen LogP contribution is 2.16. The van der Waals surface area contributed by atoms with Crippen LogP contribution >= 0.6 is 0 Å². The van der Waals surface area contributed by atoms with Gasteiger partial charge in [0.1, 0.15) is 18.2 Å². The molecule has 3 heterocycles. The normalized spacial score (nSPS) is 18.8. The summed E-state index contributed by atoms with van der Waals surface area (Å²) in [6, 6.07) is 8.31. The molecule has 182 valence electrons. The van der Waals surface area contributed by atoms with Crippen molar-refractivity contribution >= 4 is 17.8 Å². The Kier molecular flexibility index (Phi) is 9.24. The molecule has 0 spiro atoms. The third kappa shape index (κ3) is 8.09. The van der Waals surface area contributed by atoms with Crippen LogP contribution in [0.25, 0.3) is 6.08 Å². The van der Waals surface area contributed by atoms with Crippen molar-refractivity contribution in [3.05, 3.63) is 54.0 Å². The van der Waals surface area contributed by atoms with E-state index in [0.717, 1.165) is 31.6 Å². The predicted molar refractivity (Wildman–Crippen MR) is 129 cm³/mol. The topological polar surface area (TPSA) is 97.8 Å². The molecule has 0 bridgehead atoms. The van der Waals surface area contributed by atoms with Crippen molar-refractivity contribution in [2.75, 3.05) is 38.2 Å². The summed E-state index contributed by atoms with van der Waals surface area (Å²) in [4.78, 5) is 28.2. The fourth-order valence-electron chi connectivity index (χ4n) is 3.88. The van der Waals surface area contributed by atoms with E-state index >= 15 is 0 Å². The van der Waals surface area contributed by atoms with Crippen molar-refractivity contribution in [1.82, 2.24) is 20.3 Å². The summed E-state index contributed by atoms with van der Waals surface area (Å²) in [5, 5.41) is 3.18. The van der Waals surface area contributed by atoms with Gasteiger partial charge in [0.15, 0.2) is 6.29 Å². The van der Waals surface area contributed by atoms with E-state index < -0.39 is 0 Å². The summed E-state index contributed by atoms with van der Waals surface area (Å²) < 4.78 is 11.2. The molecule has 1 unspecified atom stereocenters. The molecule has 2 aromatic rings. The van der Waals surface area contributed by atoms with E-state index in [0.29, 0.717) is 31.3 Å². The number of ether oxygens (including phenoxy) is 2. The Morgan fingerprint density at radius 2 is 1.97 bits per heavy atom. The highest BCUT2D eigenvalue weighted by atomic mass is 16.8. The SMILES string of the molecule is O=C(/C=C/c1cnc(NCCOc2ccc(CN3CCCC3)cc2)cn1)NOC1CCCCO1. The summed E-state index contributed by atoms with van der Waals surface area (Å²) in [5.41, 5.74) is 4.26. The third-order valence-corrected chi connectivity index (χ3v) is 5.71. The minimum Gasteiger partial charge on any atom is -0.492 e. The molecule has 0 radical (unpaired) electrons. The average molecular weight is 468 g/mol. The fourth-order valence-corrected chi connectivity index (χ4v) is 3.88. The molecule has 1 aromatic carbocycles. The van der Waals surface area contributed by atoms with Gasteiger partial charge in [-0.3, -0.25) is 14.7 Å². The molecule has 4 rings (SSSR count). The smallest absolute Gasteiger partial charge is 0.267 e.